The molecule has 0 bridgehead atoms. The number of hydrogen-bond donors (Lipinski definition) is 0. The van der Waals surface area contributed by atoms with Gasteiger partial charge in [-0.15, -0.1) is 0 Å². The number of hydrogen-bond acceptors (Lipinski definition) is 2. The molecule has 1 aromatic rings. The molecule has 0 amide bonds. The normalized spacial score (nSPS) is 24.1. The molecule has 0 radical (unpaired) electrons. The predicted molar refractivity (Wildman–Crippen MR) is 78.7 cm³/mol. The number of ether oxygens (including phenoxy) is 1. The van der Waals surface area contributed by atoms with E-state index in [4.69, 9.17) is 4.74 Å². The van der Waals surface area contributed by atoms with Crippen molar-refractivity contribution in [1.29, 1.82) is 0 Å². The molecule has 1 heterocycles. The number of carbonyl (C=O) groups excluding carboxylic acids is 1. The topological polar surface area (TPSA) is 26.3 Å². The Morgan fingerprint density at radius 2 is 1.95 bits per heavy atom. The van der Waals surface area contributed by atoms with Crippen LogP contribution in [0.5, 0.6) is 0 Å². The van der Waals surface area contributed by atoms with Crippen LogP contribution in [-0.4, -0.2) is 27.0 Å². The van der Waals surface area contributed by atoms with Gasteiger partial charge in [0.25, 0.3) is 0 Å². The Balaban J connectivity index is 2.00. The SMILES string of the molecule is CC(C)(C)C1CCC(=O)OC1C[Se]c1ccccc1. The van der Waals surface area contributed by atoms with E-state index >= 15 is 0 Å². The molecule has 104 valence electrons. The summed E-state index contributed by atoms with van der Waals surface area (Å²) in [5.41, 5.74) is 0.206. The van der Waals surface area contributed by atoms with Crippen LogP contribution in [0.3, 0.4) is 0 Å². The van der Waals surface area contributed by atoms with Gasteiger partial charge >= 0.3 is 122 Å². The first-order chi connectivity index (χ1) is 8.97. The summed E-state index contributed by atoms with van der Waals surface area (Å²) in [5, 5.41) is 0.991. The molecule has 0 aromatic heterocycles. The molecule has 0 aliphatic carbocycles. The van der Waals surface area contributed by atoms with Crippen molar-refractivity contribution in [3.8, 4) is 0 Å². The van der Waals surface area contributed by atoms with Crippen molar-refractivity contribution in [3.05, 3.63) is 30.3 Å². The Labute approximate surface area is 122 Å². The average molecular weight is 325 g/mol. The monoisotopic (exact) mass is 326 g/mol. The van der Waals surface area contributed by atoms with Crippen LogP contribution >= 0.6 is 0 Å². The molecule has 19 heavy (non-hydrogen) atoms. The van der Waals surface area contributed by atoms with Crippen molar-refractivity contribution in [2.75, 3.05) is 0 Å². The second-order valence-electron chi connectivity index (χ2n) is 6.16. The summed E-state index contributed by atoms with van der Waals surface area (Å²) in [6.45, 7) is 6.75. The molecule has 3 heteroatoms. The van der Waals surface area contributed by atoms with Crippen LogP contribution in [0.1, 0.15) is 33.6 Å². The minimum absolute atomic E-state index is 0.0191. The fourth-order valence-electron chi connectivity index (χ4n) is 2.61. The van der Waals surface area contributed by atoms with Gasteiger partial charge in [-0.3, -0.25) is 0 Å². The summed E-state index contributed by atoms with van der Waals surface area (Å²) in [4.78, 5) is 11.5. The van der Waals surface area contributed by atoms with Gasteiger partial charge in [-0.1, -0.05) is 0 Å². The van der Waals surface area contributed by atoms with Crippen LogP contribution in [0.25, 0.3) is 0 Å². The van der Waals surface area contributed by atoms with Crippen molar-refractivity contribution in [2.24, 2.45) is 11.3 Å². The minimum atomic E-state index is -0.0191. The van der Waals surface area contributed by atoms with Gasteiger partial charge in [0.05, 0.1) is 0 Å². The molecule has 0 saturated carbocycles. The Morgan fingerprint density at radius 3 is 2.58 bits per heavy atom. The third-order valence-electron chi connectivity index (χ3n) is 3.66. The molecule has 2 atom stereocenters. The number of cyclic esters (lactones) is 1. The molecule has 1 aliphatic heterocycles. The molecule has 1 saturated heterocycles. The zero-order valence-corrected chi connectivity index (χ0v) is 13.6. The van der Waals surface area contributed by atoms with E-state index in [1.165, 1.54) is 4.46 Å². The van der Waals surface area contributed by atoms with Crippen molar-refractivity contribution >= 4 is 25.4 Å². The van der Waals surface area contributed by atoms with Gasteiger partial charge in [-0.2, -0.15) is 0 Å². The quantitative estimate of drug-likeness (QED) is 0.631. The van der Waals surface area contributed by atoms with E-state index in [0.29, 0.717) is 27.3 Å². The molecule has 1 fully saturated rings. The summed E-state index contributed by atoms with van der Waals surface area (Å²) in [5.74, 6) is 0.463. The van der Waals surface area contributed by atoms with Gasteiger partial charge in [-0.05, 0) is 0 Å². The maximum atomic E-state index is 11.5. The first-order valence-corrected chi connectivity index (χ1v) is 8.91. The van der Waals surface area contributed by atoms with Gasteiger partial charge in [-0.25, -0.2) is 0 Å². The Hall–Kier alpha value is -0.791. The molecule has 0 spiro atoms. The molecule has 2 nitrogen and oxygen atoms in total. The van der Waals surface area contributed by atoms with Crippen LogP contribution in [0.15, 0.2) is 30.3 Å². The zero-order valence-electron chi connectivity index (χ0n) is 11.9. The van der Waals surface area contributed by atoms with Gasteiger partial charge in [0.2, 0.25) is 0 Å². The van der Waals surface area contributed by atoms with Gasteiger partial charge in [0.15, 0.2) is 0 Å². The van der Waals surface area contributed by atoms with E-state index in [1.807, 2.05) is 6.07 Å². The Bertz CT molecular complexity index is 422. The van der Waals surface area contributed by atoms with Gasteiger partial charge < -0.3 is 0 Å². The summed E-state index contributed by atoms with van der Waals surface area (Å²) in [6.07, 6.45) is 1.65. The first-order valence-electron chi connectivity index (χ1n) is 6.84. The summed E-state index contributed by atoms with van der Waals surface area (Å²) in [7, 11) is 0. The van der Waals surface area contributed by atoms with E-state index in [2.05, 4.69) is 45.0 Å². The summed E-state index contributed by atoms with van der Waals surface area (Å²) in [6, 6.07) is 10.5. The number of rotatable bonds is 3. The summed E-state index contributed by atoms with van der Waals surface area (Å²) < 4.78 is 7.00. The van der Waals surface area contributed by atoms with E-state index in [0.717, 1.165) is 11.7 Å². The Kier molecular flexibility index (Phi) is 4.70. The molecular weight excluding hydrogens is 303 g/mol. The summed E-state index contributed by atoms with van der Waals surface area (Å²) >= 11 is 0.382. The van der Waals surface area contributed by atoms with Crippen LogP contribution in [0.2, 0.25) is 5.32 Å². The molecule has 1 aliphatic rings. The number of carbonyl (C=O) groups is 1. The van der Waals surface area contributed by atoms with Crippen LogP contribution in [0.4, 0.5) is 0 Å². The maximum absolute atomic E-state index is 11.5. The van der Waals surface area contributed by atoms with Crippen LogP contribution in [0, 0.1) is 11.3 Å². The van der Waals surface area contributed by atoms with Crippen molar-refractivity contribution in [1.82, 2.24) is 0 Å². The average Bonchev–Trinajstić information content (AvgIpc) is 2.36. The van der Waals surface area contributed by atoms with E-state index < -0.39 is 0 Å². The molecule has 2 rings (SSSR count). The zero-order chi connectivity index (χ0) is 13.9. The van der Waals surface area contributed by atoms with E-state index in [1.54, 1.807) is 0 Å². The Morgan fingerprint density at radius 1 is 1.26 bits per heavy atom. The third-order valence-corrected chi connectivity index (χ3v) is 5.97. The molecule has 0 N–H and O–H groups in total. The fourth-order valence-corrected chi connectivity index (χ4v) is 4.72. The number of benzene rings is 1. The van der Waals surface area contributed by atoms with Crippen LogP contribution < -0.4 is 4.46 Å². The first kappa shape index (κ1) is 14.6. The molecule has 2 unspecified atom stereocenters. The standard InChI is InChI=1S/C16H22O2Se/c1-16(2,3)13-9-10-15(17)18-14(13)11-19-12-7-5-4-6-8-12/h4-8,13-14H,9-11H2,1-3H3. The second kappa shape index (κ2) is 6.11. The number of esters is 1. The van der Waals surface area contributed by atoms with Crippen molar-refractivity contribution in [2.45, 2.75) is 45.0 Å². The predicted octanol–water partition coefficient (Wildman–Crippen LogP) is 2.80. The van der Waals surface area contributed by atoms with Crippen molar-refractivity contribution in [3.63, 3.8) is 0 Å². The van der Waals surface area contributed by atoms with E-state index in [-0.39, 0.29) is 17.5 Å². The van der Waals surface area contributed by atoms with E-state index in [9.17, 15) is 4.79 Å². The van der Waals surface area contributed by atoms with Crippen molar-refractivity contribution < 1.29 is 9.53 Å². The van der Waals surface area contributed by atoms with Crippen LogP contribution in [-0.2, 0) is 9.53 Å². The van der Waals surface area contributed by atoms with Gasteiger partial charge in [0, 0.05) is 0 Å². The van der Waals surface area contributed by atoms with Gasteiger partial charge in [0.1, 0.15) is 0 Å². The molecule has 1 aromatic carbocycles. The molecular formula is C16H22O2Se. The second-order valence-corrected chi connectivity index (χ2v) is 8.46. The fraction of sp³-hybridized carbons (Fsp3) is 0.562. The third kappa shape index (κ3) is 4.09.